The minimum absolute atomic E-state index is 0.0854. The lowest BCUT2D eigenvalue weighted by Gasteiger charge is -2.56. The summed E-state index contributed by atoms with van der Waals surface area (Å²) in [5.41, 5.74) is 23.0. The fraction of sp³-hybridized carbons (Fsp3) is 0.546. The summed E-state index contributed by atoms with van der Waals surface area (Å²) in [6.07, 6.45) is 44.9. The highest BCUT2D eigenvalue weighted by atomic mass is 28.3. The van der Waals surface area contributed by atoms with Gasteiger partial charge in [0.25, 0.3) is 0 Å². The van der Waals surface area contributed by atoms with Crippen LogP contribution >= 0.6 is 0 Å². The SMILES string of the molecule is CCCCC1(CCCC)C2=CC3C(C=C2c2ccc(-n4c5ccccc5c5ccccc54)cc21)CC(C)C3[Si](C)(C)N(C1CCCCC1)C(C)(C)C.CCCCC1(CCCC)C2=CC3C(C=C2c2ccc(-n4c5ccccc5c5ccccc54)cc21)CCC3[Si](C)(C)N(C1CCCCC1)C(C)(C)C. The van der Waals surface area contributed by atoms with Crippen LogP contribution in [0.1, 0.15) is 259 Å². The standard InChI is InChI=1S/C49H66N2Si.C48H64N2Si/c1-9-11-28-49(29-12-10-2)43-32-37(50-45-24-18-16-22-39(45)40-23-17-19-25-46(40)50)26-27-38(43)42-31-35-30-34(3)47(41(35)33-44(42)49)52(7,8)51(48(4,5)6)36-20-14-13-15-21-36;1-8-10-29-48(30-11-9-2)42-32-36(49-44-23-17-15-21-38(44)39-22-16-18-24-45(39)49)26-27-37(42)41-31-34-25-28-46(40(34)33-43(41)48)51(6,7)50(47(3,4)5)35-19-13-12-14-20-35/h16-19,22-27,31-36,41,47H,9-15,20-21,28-30H2,1-8H3;15-18,21-24,26-27,31-35,40,46H,8-14,19-20,25,28-30H2,1-7H3. The fourth-order valence-electron chi connectivity index (χ4n) is 25.1. The minimum Gasteiger partial charge on any atom is -0.316 e. The highest BCUT2D eigenvalue weighted by Gasteiger charge is 2.58. The van der Waals surface area contributed by atoms with Crippen LogP contribution < -0.4 is 0 Å². The Morgan fingerprint density at radius 1 is 0.417 bits per heavy atom. The molecule has 4 saturated carbocycles. The van der Waals surface area contributed by atoms with Gasteiger partial charge in [0.1, 0.15) is 16.5 Å². The van der Waals surface area contributed by atoms with Gasteiger partial charge in [0.05, 0.1) is 22.1 Å². The van der Waals surface area contributed by atoms with Gasteiger partial charge in [-0.1, -0.05) is 266 Å². The maximum Gasteiger partial charge on any atom is 0.127 e. The van der Waals surface area contributed by atoms with Gasteiger partial charge < -0.3 is 18.3 Å². The molecule has 4 fully saturated rings. The second kappa shape index (κ2) is 28.8. The number of hydrogen-bond donors (Lipinski definition) is 0. The normalized spacial score (nSPS) is 24.0. The second-order valence-corrected chi connectivity index (χ2v) is 46.5. The van der Waals surface area contributed by atoms with Gasteiger partial charge in [-0.25, -0.2) is 0 Å². The Labute approximate surface area is 625 Å². The molecule has 8 aromatic rings. The van der Waals surface area contributed by atoms with Crippen LogP contribution in [0.3, 0.4) is 0 Å². The number of hydrogen-bond acceptors (Lipinski definition) is 2. The first-order valence-corrected chi connectivity index (χ1v) is 48.4. The monoisotopic (exact) mass is 1410 g/mol. The van der Waals surface area contributed by atoms with Crippen LogP contribution in [-0.4, -0.2) is 57.9 Å². The van der Waals surface area contributed by atoms with Crippen LogP contribution in [0.25, 0.3) is 66.1 Å². The summed E-state index contributed by atoms with van der Waals surface area (Å²) in [7, 11) is -3.65. The summed E-state index contributed by atoms with van der Waals surface area (Å²) in [5.74, 6) is 3.41. The van der Waals surface area contributed by atoms with E-state index in [1.807, 2.05) is 0 Å². The quantitative estimate of drug-likeness (QED) is 0.0707. The lowest BCUT2D eigenvalue weighted by atomic mass is 9.68. The number of allylic oxidation sites excluding steroid dienone is 8. The van der Waals surface area contributed by atoms with Crippen LogP contribution in [0.15, 0.2) is 169 Å². The van der Waals surface area contributed by atoms with Crippen molar-refractivity contribution in [1.29, 1.82) is 0 Å². The Kier molecular flexibility index (Phi) is 20.3. The van der Waals surface area contributed by atoms with E-state index < -0.39 is 16.5 Å². The molecule has 16 rings (SSSR count). The van der Waals surface area contributed by atoms with Crippen molar-refractivity contribution in [2.45, 2.75) is 308 Å². The molecule has 0 bridgehead atoms. The predicted octanol–water partition coefficient (Wildman–Crippen LogP) is 27.8. The summed E-state index contributed by atoms with van der Waals surface area (Å²) in [6.45, 7) is 38.6. The summed E-state index contributed by atoms with van der Waals surface area (Å²) in [5, 5.41) is 5.38. The Morgan fingerprint density at radius 2 is 0.786 bits per heavy atom. The summed E-state index contributed by atoms with van der Waals surface area (Å²) >= 11 is 0. The summed E-state index contributed by atoms with van der Waals surface area (Å²) in [4.78, 5) is 0. The lowest BCUT2D eigenvalue weighted by molar-refractivity contribution is 0.138. The molecular formula is C97H130N4Si2. The lowest BCUT2D eigenvalue weighted by Crippen LogP contribution is -2.65. The van der Waals surface area contributed by atoms with Crippen LogP contribution in [0.5, 0.6) is 0 Å². The average molecular weight is 1410 g/mol. The molecule has 8 aliphatic rings. The number of unbranched alkanes of at least 4 members (excludes halogenated alkanes) is 4. The third kappa shape index (κ3) is 12.5. The molecule has 2 heterocycles. The highest BCUT2D eigenvalue weighted by molar-refractivity contribution is 6.77. The second-order valence-electron chi connectivity index (χ2n) is 37.5. The number of fused-ring (bicyclic) bond motifs is 14. The van der Waals surface area contributed by atoms with Crippen molar-refractivity contribution in [1.82, 2.24) is 18.3 Å². The molecule has 546 valence electrons. The first kappa shape index (κ1) is 72.8. The van der Waals surface area contributed by atoms with Gasteiger partial charge in [-0.15, -0.1) is 0 Å². The van der Waals surface area contributed by atoms with E-state index >= 15 is 0 Å². The molecule has 0 amide bonds. The topological polar surface area (TPSA) is 16.3 Å². The zero-order valence-electron chi connectivity index (χ0n) is 66.7. The van der Waals surface area contributed by atoms with E-state index in [9.17, 15) is 0 Å². The molecular weight excluding hydrogens is 1280 g/mol. The molecule has 8 aliphatic carbocycles. The largest absolute Gasteiger partial charge is 0.316 e. The molecule has 7 unspecified atom stereocenters. The molecule has 0 radical (unpaired) electrons. The fourth-order valence-corrected chi connectivity index (χ4v) is 36.6. The van der Waals surface area contributed by atoms with Gasteiger partial charge in [-0.2, -0.15) is 0 Å². The minimum atomic E-state index is -1.86. The summed E-state index contributed by atoms with van der Waals surface area (Å²) in [6, 6.07) is 52.8. The van der Waals surface area contributed by atoms with E-state index in [1.165, 1.54) is 227 Å². The smallest absolute Gasteiger partial charge is 0.127 e. The van der Waals surface area contributed by atoms with E-state index in [0.717, 1.165) is 29.1 Å². The third-order valence-corrected chi connectivity index (χ3v) is 38.1. The zero-order chi connectivity index (χ0) is 72.0. The molecule has 0 aliphatic heterocycles. The van der Waals surface area contributed by atoms with Crippen molar-refractivity contribution < 1.29 is 0 Å². The molecule has 2 aromatic heterocycles. The molecule has 0 spiro atoms. The predicted molar refractivity (Wildman–Crippen MR) is 452 cm³/mol. The van der Waals surface area contributed by atoms with E-state index in [-0.39, 0.29) is 21.9 Å². The van der Waals surface area contributed by atoms with Crippen LogP contribution in [0.4, 0.5) is 0 Å². The third-order valence-electron chi connectivity index (χ3n) is 28.4. The van der Waals surface area contributed by atoms with E-state index in [1.54, 1.807) is 33.4 Å². The zero-order valence-corrected chi connectivity index (χ0v) is 68.7. The number of aromatic nitrogens is 2. The van der Waals surface area contributed by atoms with Gasteiger partial charge in [-0.3, -0.25) is 0 Å². The van der Waals surface area contributed by atoms with Crippen molar-refractivity contribution >= 4 is 71.2 Å². The molecule has 6 heteroatoms. The van der Waals surface area contributed by atoms with Crippen LogP contribution in [-0.2, 0) is 10.8 Å². The first-order valence-electron chi connectivity index (χ1n) is 42.4. The van der Waals surface area contributed by atoms with Crippen molar-refractivity contribution in [3.63, 3.8) is 0 Å². The molecule has 7 atom stereocenters. The van der Waals surface area contributed by atoms with Gasteiger partial charge in [0.2, 0.25) is 0 Å². The van der Waals surface area contributed by atoms with Gasteiger partial charge >= 0.3 is 0 Å². The molecule has 6 aromatic carbocycles. The van der Waals surface area contributed by atoms with Gasteiger partial charge in [0.15, 0.2) is 0 Å². The van der Waals surface area contributed by atoms with Gasteiger partial charge in [-0.05, 0) is 239 Å². The van der Waals surface area contributed by atoms with E-state index in [0.29, 0.717) is 23.7 Å². The van der Waals surface area contributed by atoms with Gasteiger partial charge in [0, 0.05) is 66.9 Å². The van der Waals surface area contributed by atoms with Crippen molar-refractivity contribution in [2.75, 3.05) is 0 Å². The highest BCUT2D eigenvalue weighted by Crippen LogP contribution is 2.66. The number of benzene rings is 6. The molecule has 0 N–H and O–H groups in total. The molecule has 103 heavy (non-hydrogen) atoms. The Balaban J connectivity index is 0.000000166. The molecule has 0 saturated heterocycles. The summed E-state index contributed by atoms with van der Waals surface area (Å²) < 4.78 is 11.4. The number of para-hydroxylation sites is 4. The number of rotatable bonds is 20. The van der Waals surface area contributed by atoms with E-state index in [2.05, 4.69) is 278 Å². The van der Waals surface area contributed by atoms with Crippen molar-refractivity contribution in [3.8, 4) is 11.4 Å². The van der Waals surface area contributed by atoms with Crippen LogP contribution in [0, 0.1) is 29.6 Å². The van der Waals surface area contributed by atoms with Crippen molar-refractivity contribution in [3.05, 3.63) is 191 Å². The van der Waals surface area contributed by atoms with Crippen LogP contribution in [0.2, 0.25) is 37.3 Å². The maximum absolute atomic E-state index is 3.17. The average Bonchev–Trinajstić information content (AvgIpc) is 1.55. The molecule has 4 nitrogen and oxygen atoms in total. The Bertz CT molecular complexity index is 4410. The number of nitrogens with zero attached hydrogens (tertiary/aromatic N) is 4. The maximum atomic E-state index is 3.17. The Hall–Kier alpha value is -5.77. The van der Waals surface area contributed by atoms with E-state index in [4.69, 9.17) is 0 Å². The Morgan fingerprint density at radius 3 is 1.17 bits per heavy atom. The van der Waals surface area contributed by atoms with Crippen molar-refractivity contribution in [2.24, 2.45) is 29.6 Å². The first-order chi connectivity index (χ1) is 49.6.